The molecule has 0 bridgehead atoms. The molecule has 1 saturated heterocycles. The van der Waals surface area contributed by atoms with Crippen molar-refractivity contribution in [3.05, 3.63) is 40.0 Å². The number of fused-ring (bicyclic) bond motifs is 2. The number of rotatable bonds is 4. The summed E-state index contributed by atoms with van der Waals surface area (Å²) in [4.78, 5) is 30.8. The van der Waals surface area contributed by atoms with E-state index in [1.807, 2.05) is 35.4 Å². The van der Waals surface area contributed by atoms with Gasteiger partial charge in [-0.2, -0.15) is 0 Å². The number of hydrogen-bond donors (Lipinski definition) is 0. The fourth-order valence-electron chi connectivity index (χ4n) is 5.64. The highest BCUT2D eigenvalue weighted by molar-refractivity contribution is 9.10. The van der Waals surface area contributed by atoms with Crippen LogP contribution in [-0.4, -0.2) is 72.1 Å². The lowest BCUT2D eigenvalue weighted by atomic mass is 9.79. The van der Waals surface area contributed by atoms with E-state index in [4.69, 9.17) is 4.74 Å². The summed E-state index contributed by atoms with van der Waals surface area (Å²) in [6, 6.07) is 6.40. The zero-order valence-corrected chi connectivity index (χ0v) is 20.5. The lowest BCUT2D eigenvalue weighted by Crippen LogP contribution is -2.47. The molecule has 2 aromatic rings. The second-order valence-electron chi connectivity index (χ2n) is 9.10. The Morgan fingerprint density at radius 1 is 1.25 bits per heavy atom. The summed E-state index contributed by atoms with van der Waals surface area (Å²) in [6.45, 7) is 7.37. The second kappa shape index (κ2) is 8.43. The molecule has 0 spiro atoms. The Labute approximate surface area is 197 Å². The lowest BCUT2D eigenvalue weighted by molar-refractivity contribution is -0.134. The van der Waals surface area contributed by atoms with Crippen LogP contribution in [0, 0.1) is 11.8 Å². The molecule has 7 heteroatoms. The van der Waals surface area contributed by atoms with Crippen molar-refractivity contribution in [2.24, 2.45) is 11.8 Å². The Kier molecular flexibility index (Phi) is 5.76. The van der Waals surface area contributed by atoms with E-state index in [1.54, 1.807) is 0 Å². The number of halogens is 1. The molecule has 1 aromatic heterocycles. The molecular weight excluding hydrogens is 470 g/mol. The maximum Gasteiger partial charge on any atom is 0.237 e. The summed E-state index contributed by atoms with van der Waals surface area (Å²) in [5.41, 5.74) is 4.49. The normalized spacial score (nSPS) is 25.0. The van der Waals surface area contributed by atoms with Gasteiger partial charge < -0.3 is 9.64 Å². The Morgan fingerprint density at radius 2 is 2.03 bits per heavy atom. The highest BCUT2D eigenvalue weighted by Crippen LogP contribution is 2.45. The SMILES string of the molecule is CCN(CC)C(=O)[C@@H]1C=C2c3cccc4c3c(c(Br)n4C(=O)C3CCOC3)C[C@H]2N(C)C1. The number of amides is 1. The van der Waals surface area contributed by atoms with Gasteiger partial charge in [-0.1, -0.05) is 18.2 Å². The zero-order valence-electron chi connectivity index (χ0n) is 18.9. The molecule has 1 unspecified atom stereocenters. The Bertz CT molecular complexity index is 1110. The smallest absolute Gasteiger partial charge is 0.237 e. The van der Waals surface area contributed by atoms with Gasteiger partial charge in [0.1, 0.15) is 0 Å². The second-order valence-corrected chi connectivity index (χ2v) is 9.85. The fraction of sp³-hybridized carbons (Fsp3) is 0.520. The van der Waals surface area contributed by atoms with Crippen LogP contribution < -0.4 is 0 Å². The van der Waals surface area contributed by atoms with Gasteiger partial charge in [-0.3, -0.25) is 19.1 Å². The van der Waals surface area contributed by atoms with E-state index in [2.05, 4.69) is 40.0 Å². The lowest BCUT2D eigenvalue weighted by Gasteiger charge is -2.40. The molecule has 3 heterocycles. The van der Waals surface area contributed by atoms with E-state index in [1.165, 1.54) is 11.1 Å². The zero-order chi connectivity index (χ0) is 22.6. The minimum atomic E-state index is -0.147. The molecule has 0 saturated carbocycles. The standard InChI is InChI=1S/C25H30BrN3O3/c1-4-28(5-2)24(30)16-11-18-17-7-6-8-20-22(17)19(12-21(18)27(3)13-16)23(26)29(20)25(31)15-9-10-32-14-15/h6-8,11,15-16,21H,4-5,9-10,12-14H2,1-3H3/t15?,16-,21-/m1/s1. The molecule has 5 rings (SSSR count). The van der Waals surface area contributed by atoms with Crippen LogP contribution in [0.25, 0.3) is 16.5 Å². The largest absolute Gasteiger partial charge is 0.381 e. The molecule has 1 fully saturated rings. The number of aromatic nitrogens is 1. The first kappa shape index (κ1) is 21.9. The van der Waals surface area contributed by atoms with Crippen molar-refractivity contribution >= 4 is 44.2 Å². The summed E-state index contributed by atoms with van der Waals surface area (Å²) < 4.78 is 8.20. The molecule has 1 aliphatic carbocycles. The molecule has 1 amide bonds. The molecular formula is C25H30BrN3O3. The van der Waals surface area contributed by atoms with Gasteiger partial charge in [0.15, 0.2) is 0 Å². The van der Waals surface area contributed by atoms with Crippen molar-refractivity contribution in [2.45, 2.75) is 32.7 Å². The Hall–Kier alpha value is -1.96. The molecule has 3 aliphatic rings. The van der Waals surface area contributed by atoms with Crippen LogP contribution in [0.4, 0.5) is 0 Å². The Balaban J connectivity index is 1.63. The molecule has 2 aliphatic heterocycles. The highest BCUT2D eigenvalue weighted by Gasteiger charge is 2.39. The average Bonchev–Trinajstić information content (AvgIpc) is 3.43. The van der Waals surface area contributed by atoms with E-state index in [0.29, 0.717) is 19.8 Å². The number of nitrogens with zero attached hydrogens (tertiary/aromatic N) is 3. The van der Waals surface area contributed by atoms with Gasteiger partial charge in [-0.05, 0) is 72.4 Å². The van der Waals surface area contributed by atoms with E-state index < -0.39 is 0 Å². The summed E-state index contributed by atoms with van der Waals surface area (Å²) in [5, 5.41) is 1.14. The molecule has 1 aromatic carbocycles. The van der Waals surface area contributed by atoms with Gasteiger partial charge in [-0.25, -0.2) is 0 Å². The van der Waals surface area contributed by atoms with Gasteiger partial charge in [0.2, 0.25) is 11.8 Å². The maximum atomic E-state index is 13.4. The third-order valence-corrected chi connectivity index (χ3v) is 8.22. The topological polar surface area (TPSA) is 54.8 Å². The molecule has 3 atom stereocenters. The van der Waals surface area contributed by atoms with Crippen molar-refractivity contribution in [3.8, 4) is 0 Å². The van der Waals surface area contributed by atoms with E-state index in [9.17, 15) is 9.59 Å². The van der Waals surface area contributed by atoms with Gasteiger partial charge in [-0.15, -0.1) is 0 Å². The van der Waals surface area contributed by atoms with Crippen LogP contribution in [0.5, 0.6) is 0 Å². The van der Waals surface area contributed by atoms with Crippen LogP contribution in [0.3, 0.4) is 0 Å². The predicted octanol–water partition coefficient (Wildman–Crippen LogP) is 3.82. The maximum absolute atomic E-state index is 13.4. The quantitative estimate of drug-likeness (QED) is 0.641. The number of carbonyl (C=O) groups excluding carboxylic acids is 2. The van der Waals surface area contributed by atoms with Gasteiger partial charge >= 0.3 is 0 Å². The number of ether oxygens (including phenoxy) is 1. The summed E-state index contributed by atoms with van der Waals surface area (Å²) >= 11 is 3.78. The summed E-state index contributed by atoms with van der Waals surface area (Å²) in [5.74, 6) is 0.0515. The van der Waals surface area contributed by atoms with E-state index >= 15 is 0 Å². The fourth-order valence-corrected chi connectivity index (χ4v) is 6.37. The molecule has 6 nitrogen and oxygen atoms in total. The van der Waals surface area contributed by atoms with Crippen LogP contribution in [-0.2, 0) is 16.0 Å². The molecule has 32 heavy (non-hydrogen) atoms. The van der Waals surface area contributed by atoms with Crippen molar-refractivity contribution < 1.29 is 14.3 Å². The minimum Gasteiger partial charge on any atom is -0.381 e. The number of benzene rings is 1. The van der Waals surface area contributed by atoms with Crippen molar-refractivity contribution in [1.82, 2.24) is 14.4 Å². The third kappa shape index (κ3) is 3.28. The number of carbonyl (C=O) groups is 2. The highest BCUT2D eigenvalue weighted by atomic mass is 79.9. The van der Waals surface area contributed by atoms with Crippen molar-refractivity contribution in [3.63, 3.8) is 0 Å². The van der Waals surface area contributed by atoms with Crippen LogP contribution in [0.1, 0.15) is 36.2 Å². The molecule has 170 valence electrons. The van der Waals surface area contributed by atoms with Crippen molar-refractivity contribution in [2.75, 3.05) is 39.9 Å². The van der Waals surface area contributed by atoms with Crippen LogP contribution >= 0.6 is 15.9 Å². The van der Waals surface area contributed by atoms with Gasteiger partial charge in [0, 0.05) is 37.7 Å². The minimum absolute atomic E-state index is 0.0978. The first-order valence-corrected chi connectivity index (χ1v) is 12.4. The third-order valence-electron chi connectivity index (χ3n) is 7.39. The van der Waals surface area contributed by atoms with Crippen LogP contribution in [0.15, 0.2) is 28.9 Å². The number of hydrogen-bond acceptors (Lipinski definition) is 4. The van der Waals surface area contributed by atoms with E-state index in [0.717, 1.165) is 47.0 Å². The Morgan fingerprint density at radius 3 is 2.72 bits per heavy atom. The predicted molar refractivity (Wildman–Crippen MR) is 129 cm³/mol. The van der Waals surface area contributed by atoms with Crippen LogP contribution in [0.2, 0.25) is 0 Å². The monoisotopic (exact) mass is 499 g/mol. The summed E-state index contributed by atoms with van der Waals surface area (Å²) in [7, 11) is 2.11. The molecule has 0 N–H and O–H groups in total. The van der Waals surface area contributed by atoms with Crippen molar-refractivity contribution in [1.29, 1.82) is 0 Å². The first-order valence-electron chi connectivity index (χ1n) is 11.6. The average molecular weight is 500 g/mol. The molecule has 0 radical (unpaired) electrons. The number of likely N-dealkylation sites (N-methyl/N-ethyl adjacent to an activating group) is 1. The summed E-state index contributed by atoms with van der Waals surface area (Å²) in [6.07, 6.45) is 3.79. The van der Waals surface area contributed by atoms with Gasteiger partial charge in [0.25, 0.3) is 0 Å². The van der Waals surface area contributed by atoms with E-state index in [-0.39, 0.29) is 29.7 Å². The van der Waals surface area contributed by atoms with Gasteiger partial charge in [0.05, 0.1) is 28.6 Å². The first-order chi connectivity index (χ1) is 15.5.